The molecule has 0 radical (unpaired) electrons. The smallest absolute Gasteiger partial charge is 0.243 e. The average molecular weight is 259 g/mol. The summed E-state index contributed by atoms with van der Waals surface area (Å²) >= 11 is 0. The molecule has 4 bridgehead atoms. The summed E-state index contributed by atoms with van der Waals surface area (Å²) in [5, 5.41) is 15.6. The summed E-state index contributed by atoms with van der Waals surface area (Å²) in [5.41, 5.74) is 0.515. The molecule has 1 aromatic rings. The van der Waals surface area contributed by atoms with E-state index in [0.29, 0.717) is 11.5 Å². The fourth-order valence-corrected chi connectivity index (χ4v) is 6.11. The van der Waals surface area contributed by atoms with Crippen molar-refractivity contribution in [3.63, 3.8) is 0 Å². The van der Waals surface area contributed by atoms with Gasteiger partial charge in [0, 0.05) is 6.54 Å². The second kappa shape index (κ2) is 3.49. The maximum atomic E-state index is 4.29. The summed E-state index contributed by atoms with van der Waals surface area (Å²) in [5.74, 6) is 3.90. The minimum Gasteiger partial charge on any atom is -0.353 e. The normalized spacial score (nSPS) is 46.9. The van der Waals surface area contributed by atoms with Crippen molar-refractivity contribution in [3.05, 3.63) is 0 Å². The lowest BCUT2D eigenvalue weighted by Crippen LogP contribution is -2.51. The van der Waals surface area contributed by atoms with Crippen LogP contribution < -0.4 is 5.32 Å². The van der Waals surface area contributed by atoms with E-state index in [1.54, 1.807) is 0 Å². The first-order valence-corrected chi connectivity index (χ1v) is 7.84. The monoisotopic (exact) mass is 259 g/mol. The minimum absolute atomic E-state index is 0.515. The van der Waals surface area contributed by atoms with Gasteiger partial charge in [-0.15, -0.1) is 0 Å². The van der Waals surface area contributed by atoms with Crippen molar-refractivity contribution in [3.8, 4) is 0 Å². The molecule has 5 nitrogen and oxygen atoms in total. The summed E-state index contributed by atoms with van der Waals surface area (Å²) in [6, 6.07) is 0.548. The van der Waals surface area contributed by atoms with Crippen molar-refractivity contribution < 1.29 is 0 Å². The van der Waals surface area contributed by atoms with Gasteiger partial charge in [-0.1, -0.05) is 5.10 Å². The largest absolute Gasteiger partial charge is 0.353 e. The maximum absolute atomic E-state index is 4.29. The highest BCUT2D eigenvalue weighted by molar-refractivity contribution is 5.26. The van der Waals surface area contributed by atoms with E-state index >= 15 is 0 Å². The van der Waals surface area contributed by atoms with Crippen LogP contribution in [0.2, 0.25) is 0 Å². The van der Waals surface area contributed by atoms with Gasteiger partial charge in [-0.3, -0.25) is 0 Å². The van der Waals surface area contributed by atoms with Crippen LogP contribution in [-0.2, 0) is 0 Å². The molecule has 1 N–H and O–H groups in total. The lowest BCUT2D eigenvalue weighted by atomic mass is 9.47. The number of rotatable bonds is 1. The molecule has 0 saturated heterocycles. The highest BCUT2D eigenvalue weighted by atomic mass is 15.6. The molecule has 1 unspecified atom stereocenters. The van der Waals surface area contributed by atoms with Crippen LogP contribution in [0.25, 0.3) is 0 Å². The Labute approximate surface area is 113 Å². The van der Waals surface area contributed by atoms with Gasteiger partial charge >= 0.3 is 0 Å². The summed E-state index contributed by atoms with van der Waals surface area (Å²) in [4.78, 5) is 0. The number of fused-ring (bicyclic) bond motifs is 1. The van der Waals surface area contributed by atoms with Crippen LogP contribution in [0.3, 0.4) is 0 Å². The van der Waals surface area contributed by atoms with Crippen LogP contribution in [0.4, 0.5) is 5.95 Å². The second-order valence-electron chi connectivity index (χ2n) is 7.46. The SMILES string of the molecule is C1CC(C23CC4CC(CC(C4)C2)C3)n2nnnc2N1. The molecule has 4 aliphatic carbocycles. The molecular formula is C14H21N5. The van der Waals surface area contributed by atoms with E-state index in [0.717, 1.165) is 30.2 Å². The standard InChI is InChI=1S/C14H21N5/c1-2-15-13-16-17-18-19(13)12(1)14-6-9-3-10(7-14)5-11(4-9)8-14/h9-12H,1-8H2,(H,15,16,18). The van der Waals surface area contributed by atoms with E-state index in [1.807, 2.05) is 0 Å². The summed E-state index contributed by atoms with van der Waals surface area (Å²) in [7, 11) is 0. The van der Waals surface area contributed by atoms with Gasteiger partial charge in [-0.2, -0.15) is 0 Å². The van der Waals surface area contributed by atoms with Crippen LogP contribution in [0.15, 0.2) is 0 Å². The molecule has 102 valence electrons. The molecular weight excluding hydrogens is 238 g/mol. The molecule has 1 atom stereocenters. The molecule has 2 heterocycles. The van der Waals surface area contributed by atoms with Crippen LogP contribution in [-0.4, -0.2) is 26.8 Å². The van der Waals surface area contributed by atoms with E-state index in [-0.39, 0.29) is 0 Å². The molecule has 5 aliphatic rings. The fourth-order valence-electron chi connectivity index (χ4n) is 6.11. The molecule has 5 heteroatoms. The Morgan fingerprint density at radius 2 is 1.74 bits per heavy atom. The molecule has 1 aliphatic heterocycles. The Balaban J connectivity index is 1.57. The number of aromatic nitrogens is 4. The van der Waals surface area contributed by atoms with Crippen LogP contribution in [0.5, 0.6) is 0 Å². The first-order chi connectivity index (χ1) is 9.32. The van der Waals surface area contributed by atoms with Gasteiger partial charge in [0.25, 0.3) is 0 Å². The van der Waals surface area contributed by atoms with Crippen molar-refractivity contribution >= 4 is 5.95 Å². The second-order valence-corrected chi connectivity index (χ2v) is 7.46. The Morgan fingerprint density at radius 1 is 1.05 bits per heavy atom. The molecule has 1 aromatic heterocycles. The lowest BCUT2D eigenvalue weighted by molar-refractivity contribution is -0.0871. The van der Waals surface area contributed by atoms with Gasteiger partial charge in [-0.25, -0.2) is 4.68 Å². The zero-order valence-corrected chi connectivity index (χ0v) is 11.3. The summed E-state index contributed by atoms with van der Waals surface area (Å²) in [6.07, 6.45) is 10.0. The zero-order chi connectivity index (χ0) is 12.4. The third-order valence-corrected chi connectivity index (χ3v) is 6.28. The quantitative estimate of drug-likeness (QED) is 0.840. The lowest BCUT2D eigenvalue weighted by Gasteiger charge is -2.59. The molecule has 0 spiro atoms. The van der Waals surface area contributed by atoms with Gasteiger partial charge in [0.2, 0.25) is 5.95 Å². The van der Waals surface area contributed by atoms with Crippen molar-refractivity contribution in [1.29, 1.82) is 0 Å². The molecule has 4 fully saturated rings. The van der Waals surface area contributed by atoms with E-state index in [9.17, 15) is 0 Å². The first kappa shape index (κ1) is 10.6. The van der Waals surface area contributed by atoms with Crippen molar-refractivity contribution in [1.82, 2.24) is 20.2 Å². The molecule has 0 amide bonds. The average Bonchev–Trinajstić information content (AvgIpc) is 2.84. The highest BCUT2D eigenvalue weighted by Gasteiger charge is 2.55. The molecule has 6 rings (SSSR count). The summed E-state index contributed by atoms with van der Waals surface area (Å²) < 4.78 is 2.11. The number of tetrazole rings is 1. The number of nitrogens with one attached hydrogen (secondary N) is 1. The van der Waals surface area contributed by atoms with E-state index in [4.69, 9.17) is 0 Å². The van der Waals surface area contributed by atoms with Gasteiger partial charge in [0.05, 0.1) is 6.04 Å². The molecule has 19 heavy (non-hydrogen) atoms. The van der Waals surface area contributed by atoms with Gasteiger partial charge < -0.3 is 5.32 Å². The summed E-state index contributed by atoms with van der Waals surface area (Å²) in [6.45, 7) is 1.03. The Morgan fingerprint density at radius 3 is 2.42 bits per heavy atom. The fraction of sp³-hybridized carbons (Fsp3) is 0.929. The van der Waals surface area contributed by atoms with Crippen molar-refractivity contribution in [2.24, 2.45) is 23.2 Å². The molecule has 0 aromatic carbocycles. The van der Waals surface area contributed by atoms with E-state index in [2.05, 4.69) is 25.5 Å². The number of hydrogen-bond donors (Lipinski definition) is 1. The third-order valence-electron chi connectivity index (χ3n) is 6.28. The van der Waals surface area contributed by atoms with Crippen LogP contribution in [0, 0.1) is 23.2 Å². The topological polar surface area (TPSA) is 55.6 Å². The minimum atomic E-state index is 0.515. The van der Waals surface area contributed by atoms with Crippen molar-refractivity contribution in [2.45, 2.75) is 51.0 Å². The van der Waals surface area contributed by atoms with Gasteiger partial charge in [0.15, 0.2) is 0 Å². The van der Waals surface area contributed by atoms with Gasteiger partial charge in [0.1, 0.15) is 0 Å². The van der Waals surface area contributed by atoms with Crippen LogP contribution in [0.1, 0.15) is 51.0 Å². The Hall–Kier alpha value is -1.13. The van der Waals surface area contributed by atoms with Crippen LogP contribution >= 0.6 is 0 Å². The predicted octanol–water partition coefficient (Wildman–Crippen LogP) is 2.25. The first-order valence-electron chi connectivity index (χ1n) is 7.84. The highest BCUT2D eigenvalue weighted by Crippen LogP contribution is 2.64. The predicted molar refractivity (Wildman–Crippen MR) is 70.6 cm³/mol. The Bertz CT molecular complexity index is 472. The maximum Gasteiger partial charge on any atom is 0.243 e. The number of nitrogens with zero attached hydrogens (tertiary/aromatic N) is 4. The number of anilines is 1. The third kappa shape index (κ3) is 1.39. The van der Waals surface area contributed by atoms with Crippen molar-refractivity contribution in [2.75, 3.05) is 11.9 Å². The number of hydrogen-bond acceptors (Lipinski definition) is 4. The van der Waals surface area contributed by atoms with E-state index < -0.39 is 0 Å². The Kier molecular flexibility index (Phi) is 1.96. The van der Waals surface area contributed by atoms with E-state index in [1.165, 1.54) is 44.9 Å². The zero-order valence-electron chi connectivity index (χ0n) is 11.3. The molecule has 4 saturated carbocycles. The van der Waals surface area contributed by atoms with Gasteiger partial charge in [-0.05, 0) is 78.5 Å².